The van der Waals surface area contributed by atoms with E-state index in [1.807, 2.05) is 0 Å². The summed E-state index contributed by atoms with van der Waals surface area (Å²) in [6.45, 7) is 0. The third-order valence-corrected chi connectivity index (χ3v) is 1.74. The average Bonchev–Trinajstić information content (AvgIpc) is 2.62. The molecule has 1 aromatic rings. The van der Waals surface area contributed by atoms with E-state index < -0.39 is 0 Å². The third kappa shape index (κ3) is 1.92. The molecule has 0 spiro atoms. The number of anilines is 1. The number of hydrogen-bond donors (Lipinski definition) is 6. The van der Waals surface area contributed by atoms with E-state index in [1.165, 1.54) is 0 Å². The number of nitrogen functional groups attached to an aromatic ring is 1. The summed E-state index contributed by atoms with van der Waals surface area (Å²) in [5.74, 6) is 0.976. The molecule has 0 bridgehead atoms. The molecule has 2 rings (SSSR count). The fourth-order valence-corrected chi connectivity index (χ4v) is 1.20. The highest BCUT2D eigenvalue weighted by Crippen LogP contribution is 1.98. The normalized spacial score (nSPS) is 28.1. The lowest BCUT2D eigenvalue weighted by molar-refractivity contribution is 0.511. The Morgan fingerprint density at radius 2 is 2.23 bits per heavy atom. The predicted molar refractivity (Wildman–Crippen MR) is 45.7 cm³/mol. The van der Waals surface area contributed by atoms with Gasteiger partial charge in [0.15, 0.2) is 0 Å². The Hall–Kier alpha value is -1.22. The SMILES string of the molecule is Nc1n[nH]c(CC2NNC(N)N2)n1. The van der Waals surface area contributed by atoms with Gasteiger partial charge < -0.3 is 11.5 Å². The molecule has 1 fully saturated rings. The Bertz CT molecular complexity index is 282. The number of nitrogens with one attached hydrogen (secondary N) is 4. The lowest BCUT2D eigenvalue weighted by atomic mass is 10.3. The van der Waals surface area contributed by atoms with Crippen LogP contribution in [0.25, 0.3) is 0 Å². The summed E-state index contributed by atoms with van der Waals surface area (Å²) in [6, 6.07) is 0. The molecular formula is C5H12N8. The van der Waals surface area contributed by atoms with Gasteiger partial charge in [0.1, 0.15) is 12.1 Å². The second-order valence-corrected chi connectivity index (χ2v) is 2.83. The minimum atomic E-state index is -0.231. The molecule has 1 aromatic heterocycles. The van der Waals surface area contributed by atoms with Crippen LogP contribution in [0.3, 0.4) is 0 Å². The highest BCUT2D eigenvalue weighted by molar-refractivity contribution is 5.12. The van der Waals surface area contributed by atoms with Crippen molar-refractivity contribution in [1.82, 2.24) is 31.3 Å². The summed E-state index contributed by atoms with van der Waals surface area (Å²) in [7, 11) is 0. The van der Waals surface area contributed by atoms with Crippen molar-refractivity contribution in [3.8, 4) is 0 Å². The molecule has 2 heterocycles. The van der Waals surface area contributed by atoms with Crippen LogP contribution in [-0.2, 0) is 6.42 Å². The first-order valence-electron chi connectivity index (χ1n) is 3.93. The summed E-state index contributed by atoms with van der Waals surface area (Å²) >= 11 is 0. The highest BCUT2D eigenvalue weighted by Gasteiger charge is 2.20. The van der Waals surface area contributed by atoms with Gasteiger partial charge in [-0.15, -0.1) is 5.10 Å². The maximum atomic E-state index is 5.53. The van der Waals surface area contributed by atoms with Crippen molar-refractivity contribution >= 4 is 5.95 Å². The fraction of sp³-hybridized carbons (Fsp3) is 0.600. The largest absolute Gasteiger partial charge is 0.367 e. The Balaban J connectivity index is 1.91. The summed E-state index contributed by atoms with van der Waals surface area (Å²) in [4.78, 5) is 3.96. The van der Waals surface area contributed by atoms with Gasteiger partial charge in [0.05, 0.1) is 6.17 Å². The van der Waals surface area contributed by atoms with Gasteiger partial charge in [-0.1, -0.05) is 0 Å². The van der Waals surface area contributed by atoms with Gasteiger partial charge in [0.25, 0.3) is 0 Å². The Kier molecular flexibility index (Phi) is 2.10. The van der Waals surface area contributed by atoms with Gasteiger partial charge in [-0.05, 0) is 0 Å². The Labute approximate surface area is 74.4 Å². The molecule has 0 saturated carbocycles. The van der Waals surface area contributed by atoms with Crippen LogP contribution in [0.2, 0.25) is 0 Å². The molecule has 1 aliphatic rings. The highest BCUT2D eigenvalue weighted by atomic mass is 15.6. The zero-order chi connectivity index (χ0) is 9.26. The average molecular weight is 184 g/mol. The van der Waals surface area contributed by atoms with Crippen LogP contribution in [0.5, 0.6) is 0 Å². The summed E-state index contributed by atoms with van der Waals surface area (Å²) in [5.41, 5.74) is 16.6. The number of nitrogens with zero attached hydrogens (tertiary/aromatic N) is 2. The minimum Gasteiger partial charge on any atom is -0.367 e. The van der Waals surface area contributed by atoms with Crippen LogP contribution in [0.15, 0.2) is 0 Å². The molecule has 8 heteroatoms. The van der Waals surface area contributed by atoms with Crippen molar-refractivity contribution in [3.63, 3.8) is 0 Å². The van der Waals surface area contributed by atoms with E-state index in [4.69, 9.17) is 11.5 Å². The predicted octanol–water partition coefficient (Wildman–Crippen LogP) is -2.80. The van der Waals surface area contributed by atoms with E-state index in [-0.39, 0.29) is 18.4 Å². The molecule has 8 N–H and O–H groups in total. The maximum Gasteiger partial charge on any atom is 0.239 e. The minimum absolute atomic E-state index is 0.0438. The van der Waals surface area contributed by atoms with E-state index in [1.54, 1.807) is 0 Å². The molecule has 0 aromatic carbocycles. The van der Waals surface area contributed by atoms with Crippen LogP contribution < -0.4 is 27.6 Å². The van der Waals surface area contributed by atoms with E-state index in [9.17, 15) is 0 Å². The third-order valence-electron chi connectivity index (χ3n) is 1.74. The van der Waals surface area contributed by atoms with Crippen LogP contribution in [0, 0.1) is 0 Å². The summed E-state index contributed by atoms with van der Waals surface area (Å²) < 4.78 is 0. The number of hydrazine groups is 1. The zero-order valence-electron chi connectivity index (χ0n) is 6.91. The molecule has 72 valence electrons. The smallest absolute Gasteiger partial charge is 0.239 e. The molecule has 2 atom stereocenters. The second-order valence-electron chi connectivity index (χ2n) is 2.83. The molecule has 8 nitrogen and oxygen atoms in total. The molecule has 2 unspecified atom stereocenters. The van der Waals surface area contributed by atoms with Crippen molar-refractivity contribution in [2.45, 2.75) is 18.9 Å². The standard InChI is InChI=1S/C5H12N8/c6-4-8-2(10-12-4)1-3-9-5(7)13-11-3/h2,4,8,10,12H,1,6H2,(H3,7,9,11,13). The van der Waals surface area contributed by atoms with E-state index in [2.05, 4.69) is 31.3 Å². The number of nitrogens with two attached hydrogens (primary N) is 2. The van der Waals surface area contributed by atoms with Crippen LogP contribution in [0.4, 0.5) is 5.95 Å². The number of hydrogen-bond acceptors (Lipinski definition) is 7. The van der Waals surface area contributed by atoms with Crippen LogP contribution in [-0.4, -0.2) is 27.6 Å². The van der Waals surface area contributed by atoms with Gasteiger partial charge in [-0.2, -0.15) is 4.98 Å². The molecular weight excluding hydrogens is 172 g/mol. The van der Waals surface area contributed by atoms with Crippen LogP contribution in [0.1, 0.15) is 5.82 Å². The molecule has 13 heavy (non-hydrogen) atoms. The van der Waals surface area contributed by atoms with E-state index >= 15 is 0 Å². The lowest BCUT2D eigenvalue weighted by Gasteiger charge is -2.06. The summed E-state index contributed by atoms with van der Waals surface area (Å²) in [6.07, 6.45) is 0.456. The Morgan fingerprint density at radius 3 is 2.77 bits per heavy atom. The van der Waals surface area contributed by atoms with Gasteiger partial charge in [-0.3, -0.25) is 10.4 Å². The van der Waals surface area contributed by atoms with E-state index in [0.29, 0.717) is 6.42 Å². The first kappa shape index (κ1) is 8.38. The van der Waals surface area contributed by atoms with Crippen molar-refractivity contribution in [1.29, 1.82) is 0 Å². The van der Waals surface area contributed by atoms with Crippen LogP contribution >= 0.6 is 0 Å². The molecule has 1 saturated heterocycles. The topological polar surface area (TPSA) is 130 Å². The molecule has 0 amide bonds. The van der Waals surface area contributed by atoms with Crippen molar-refractivity contribution < 1.29 is 0 Å². The molecule has 1 aliphatic heterocycles. The van der Waals surface area contributed by atoms with Crippen molar-refractivity contribution in [2.24, 2.45) is 5.73 Å². The first-order valence-corrected chi connectivity index (χ1v) is 3.93. The number of rotatable bonds is 2. The molecule has 0 radical (unpaired) electrons. The quantitative estimate of drug-likeness (QED) is 0.292. The van der Waals surface area contributed by atoms with Gasteiger partial charge in [0, 0.05) is 6.42 Å². The first-order chi connectivity index (χ1) is 6.24. The number of H-pyrrole nitrogens is 1. The fourth-order valence-electron chi connectivity index (χ4n) is 1.20. The monoisotopic (exact) mass is 184 g/mol. The number of aromatic amines is 1. The summed E-state index contributed by atoms with van der Waals surface area (Å²) in [5, 5.41) is 9.46. The van der Waals surface area contributed by atoms with E-state index in [0.717, 1.165) is 5.82 Å². The van der Waals surface area contributed by atoms with Crippen molar-refractivity contribution in [3.05, 3.63) is 5.82 Å². The van der Waals surface area contributed by atoms with Crippen molar-refractivity contribution in [2.75, 3.05) is 5.73 Å². The van der Waals surface area contributed by atoms with Gasteiger partial charge in [0.2, 0.25) is 5.95 Å². The lowest BCUT2D eigenvalue weighted by Crippen LogP contribution is -2.42. The number of aromatic nitrogens is 3. The van der Waals surface area contributed by atoms with Gasteiger partial charge in [-0.25, -0.2) is 10.9 Å². The Morgan fingerprint density at radius 1 is 1.38 bits per heavy atom. The maximum absolute atomic E-state index is 5.53. The molecule has 0 aliphatic carbocycles. The second kappa shape index (κ2) is 3.26. The zero-order valence-corrected chi connectivity index (χ0v) is 6.91. The van der Waals surface area contributed by atoms with Gasteiger partial charge >= 0.3 is 0 Å².